The minimum Gasteiger partial charge on any atom is -0.481 e. The van der Waals surface area contributed by atoms with Crippen molar-refractivity contribution in [3.8, 4) is 0 Å². The SMILES string of the molecule is CC(C(=O)O)C(=O)c1cn(C)c2ccccc12. The number of carboxylic acids is 1. The van der Waals surface area contributed by atoms with E-state index in [4.69, 9.17) is 5.11 Å². The summed E-state index contributed by atoms with van der Waals surface area (Å²) in [5, 5.41) is 9.66. The second kappa shape index (κ2) is 4.05. The van der Waals surface area contributed by atoms with Gasteiger partial charge in [-0.1, -0.05) is 18.2 Å². The van der Waals surface area contributed by atoms with Crippen LogP contribution in [0.15, 0.2) is 30.5 Å². The predicted molar refractivity (Wildman–Crippen MR) is 64.0 cm³/mol. The molecule has 0 saturated carbocycles. The molecule has 0 amide bonds. The average Bonchev–Trinajstić information content (AvgIpc) is 2.65. The van der Waals surface area contributed by atoms with Crippen molar-refractivity contribution in [3.63, 3.8) is 0 Å². The van der Waals surface area contributed by atoms with Gasteiger partial charge in [0.05, 0.1) is 0 Å². The zero-order chi connectivity index (χ0) is 12.6. The normalized spacial score (nSPS) is 12.6. The molecule has 0 spiro atoms. The van der Waals surface area contributed by atoms with Gasteiger partial charge in [0.15, 0.2) is 5.78 Å². The highest BCUT2D eigenvalue weighted by molar-refractivity contribution is 6.14. The summed E-state index contributed by atoms with van der Waals surface area (Å²) >= 11 is 0. The lowest BCUT2D eigenvalue weighted by Gasteiger charge is -2.03. The molecule has 0 aliphatic carbocycles. The van der Waals surface area contributed by atoms with Crippen LogP contribution < -0.4 is 0 Å². The molecule has 1 aromatic carbocycles. The molecule has 4 heteroatoms. The fraction of sp³-hybridized carbons (Fsp3) is 0.231. The Morgan fingerprint density at radius 1 is 1.29 bits per heavy atom. The number of hydrogen-bond acceptors (Lipinski definition) is 2. The molecule has 0 aliphatic rings. The highest BCUT2D eigenvalue weighted by Gasteiger charge is 2.24. The number of carbonyl (C=O) groups is 2. The van der Waals surface area contributed by atoms with Gasteiger partial charge >= 0.3 is 5.97 Å². The first-order valence-electron chi connectivity index (χ1n) is 5.33. The summed E-state index contributed by atoms with van der Waals surface area (Å²) in [6.07, 6.45) is 1.69. The van der Waals surface area contributed by atoms with Crippen LogP contribution in [0.2, 0.25) is 0 Å². The Bertz CT molecular complexity index is 598. The number of aliphatic carboxylic acids is 1. The fourth-order valence-corrected chi connectivity index (χ4v) is 1.88. The van der Waals surface area contributed by atoms with Gasteiger partial charge in [-0.25, -0.2) is 0 Å². The summed E-state index contributed by atoms with van der Waals surface area (Å²) in [6.45, 7) is 1.41. The van der Waals surface area contributed by atoms with E-state index in [2.05, 4.69) is 0 Å². The molecular formula is C13H13NO3. The lowest BCUT2D eigenvalue weighted by atomic mass is 9.99. The van der Waals surface area contributed by atoms with Gasteiger partial charge < -0.3 is 9.67 Å². The summed E-state index contributed by atoms with van der Waals surface area (Å²) in [4.78, 5) is 22.8. The minimum absolute atomic E-state index is 0.352. The van der Waals surface area contributed by atoms with Crippen LogP contribution in [-0.4, -0.2) is 21.4 Å². The van der Waals surface area contributed by atoms with Crippen molar-refractivity contribution in [2.45, 2.75) is 6.92 Å². The van der Waals surface area contributed by atoms with Crippen LogP contribution in [0.25, 0.3) is 10.9 Å². The lowest BCUT2D eigenvalue weighted by molar-refractivity contribution is -0.139. The van der Waals surface area contributed by atoms with Crippen LogP contribution in [0.1, 0.15) is 17.3 Å². The van der Waals surface area contributed by atoms with Crippen LogP contribution in [0.5, 0.6) is 0 Å². The Labute approximate surface area is 98.5 Å². The fourth-order valence-electron chi connectivity index (χ4n) is 1.88. The number of carbonyl (C=O) groups excluding carboxylic acids is 1. The largest absolute Gasteiger partial charge is 0.481 e. The van der Waals surface area contributed by atoms with Crippen LogP contribution in [-0.2, 0) is 11.8 Å². The number of aryl methyl sites for hydroxylation is 1. The minimum atomic E-state index is -1.09. The van der Waals surface area contributed by atoms with Gasteiger partial charge in [-0.2, -0.15) is 0 Å². The van der Waals surface area contributed by atoms with Crippen LogP contribution in [0.4, 0.5) is 0 Å². The first-order valence-corrected chi connectivity index (χ1v) is 5.33. The molecule has 0 aliphatic heterocycles. The number of hydrogen-bond donors (Lipinski definition) is 1. The monoisotopic (exact) mass is 231 g/mol. The third-order valence-electron chi connectivity index (χ3n) is 2.93. The van der Waals surface area contributed by atoms with Gasteiger partial charge in [-0.15, -0.1) is 0 Å². The van der Waals surface area contributed by atoms with E-state index in [1.165, 1.54) is 6.92 Å². The number of nitrogens with zero attached hydrogens (tertiary/aromatic N) is 1. The Kier molecular flexibility index (Phi) is 2.71. The van der Waals surface area contributed by atoms with E-state index in [-0.39, 0.29) is 5.78 Å². The summed E-state index contributed by atoms with van der Waals surface area (Å²) in [5.41, 5.74) is 1.39. The Morgan fingerprint density at radius 3 is 2.59 bits per heavy atom. The number of rotatable bonds is 3. The lowest BCUT2D eigenvalue weighted by Crippen LogP contribution is -2.20. The number of aromatic nitrogens is 1. The van der Waals surface area contributed by atoms with E-state index in [0.717, 1.165) is 10.9 Å². The Hall–Kier alpha value is -2.10. The van der Waals surface area contributed by atoms with Crippen LogP contribution in [0, 0.1) is 5.92 Å². The molecular weight excluding hydrogens is 218 g/mol. The Morgan fingerprint density at radius 2 is 1.94 bits per heavy atom. The maximum Gasteiger partial charge on any atom is 0.314 e. The first-order chi connectivity index (χ1) is 8.02. The summed E-state index contributed by atoms with van der Waals surface area (Å²) < 4.78 is 1.83. The zero-order valence-corrected chi connectivity index (χ0v) is 9.68. The molecule has 1 heterocycles. The average molecular weight is 231 g/mol. The van der Waals surface area contributed by atoms with Crippen LogP contribution >= 0.6 is 0 Å². The molecule has 0 saturated heterocycles. The Balaban J connectivity index is 2.57. The maximum atomic E-state index is 12.0. The summed E-state index contributed by atoms with van der Waals surface area (Å²) in [5.74, 6) is -2.46. The predicted octanol–water partition coefficient (Wildman–Crippen LogP) is 2.08. The highest BCUT2D eigenvalue weighted by Crippen LogP contribution is 2.22. The topological polar surface area (TPSA) is 59.3 Å². The molecule has 1 aromatic heterocycles. The van der Waals surface area contributed by atoms with E-state index < -0.39 is 11.9 Å². The number of para-hydroxylation sites is 1. The second-order valence-electron chi connectivity index (χ2n) is 4.10. The smallest absolute Gasteiger partial charge is 0.314 e. The number of ketones is 1. The van der Waals surface area contributed by atoms with Crippen LogP contribution in [0.3, 0.4) is 0 Å². The number of carboxylic acid groups (broad SMARTS) is 1. The van der Waals surface area contributed by atoms with Gasteiger partial charge in [0.25, 0.3) is 0 Å². The third-order valence-corrected chi connectivity index (χ3v) is 2.93. The highest BCUT2D eigenvalue weighted by atomic mass is 16.4. The number of benzene rings is 1. The van der Waals surface area contributed by atoms with Crippen molar-refractivity contribution in [2.24, 2.45) is 13.0 Å². The molecule has 4 nitrogen and oxygen atoms in total. The van der Waals surface area contributed by atoms with Gasteiger partial charge in [-0.05, 0) is 13.0 Å². The van der Waals surface area contributed by atoms with Crippen molar-refractivity contribution in [2.75, 3.05) is 0 Å². The molecule has 1 unspecified atom stereocenters. The van der Waals surface area contributed by atoms with Gasteiger partial charge in [0.2, 0.25) is 0 Å². The standard InChI is InChI=1S/C13H13NO3/c1-8(13(16)17)12(15)10-7-14(2)11-6-4-3-5-9(10)11/h3-8H,1-2H3,(H,16,17). The van der Waals surface area contributed by atoms with Crippen molar-refractivity contribution >= 4 is 22.7 Å². The maximum absolute atomic E-state index is 12.0. The summed E-state index contributed by atoms with van der Waals surface area (Å²) in [7, 11) is 1.84. The van der Waals surface area contributed by atoms with E-state index in [1.54, 1.807) is 6.20 Å². The molecule has 0 bridgehead atoms. The van der Waals surface area contributed by atoms with E-state index >= 15 is 0 Å². The van der Waals surface area contributed by atoms with Crippen molar-refractivity contribution in [3.05, 3.63) is 36.0 Å². The molecule has 0 radical (unpaired) electrons. The molecule has 1 N–H and O–H groups in total. The number of Topliss-reactive ketones (excluding diaryl/α,β-unsaturated/α-hetero) is 1. The van der Waals surface area contributed by atoms with Gasteiger partial charge in [-0.3, -0.25) is 9.59 Å². The molecule has 17 heavy (non-hydrogen) atoms. The van der Waals surface area contributed by atoms with Crippen molar-refractivity contribution < 1.29 is 14.7 Å². The van der Waals surface area contributed by atoms with E-state index in [9.17, 15) is 9.59 Å². The van der Waals surface area contributed by atoms with Gasteiger partial charge in [0, 0.05) is 29.7 Å². The molecule has 0 fully saturated rings. The van der Waals surface area contributed by atoms with Crippen molar-refractivity contribution in [1.82, 2.24) is 4.57 Å². The van der Waals surface area contributed by atoms with E-state index in [1.807, 2.05) is 35.9 Å². The molecule has 2 aromatic rings. The van der Waals surface area contributed by atoms with Crippen molar-refractivity contribution in [1.29, 1.82) is 0 Å². The molecule has 88 valence electrons. The number of fused-ring (bicyclic) bond motifs is 1. The second-order valence-corrected chi connectivity index (χ2v) is 4.10. The quantitative estimate of drug-likeness (QED) is 0.650. The van der Waals surface area contributed by atoms with Gasteiger partial charge in [0.1, 0.15) is 5.92 Å². The third kappa shape index (κ3) is 1.82. The van der Waals surface area contributed by atoms with E-state index in [0.29, 0.717) is 5.56 Å². The first kappa shape index (κ1) is 11.4. The zero-order valence-electron chi connectivity index (χ0n) is 9.68. The molecule has 1 atom stereocenters. The molecule has 2 rings (SSSR count). The summed E-state index contributed by atoms with van der Waals surface area (Å²) in [6, 6.07) is 7.45.